The minimum absolute atomic E-state index is 0. The molecule has 3 amide bonds. The molecule has 18 heteroatoms. The number of nitrogens with zero attached hydrogens (tertiary/aromatic N) is 3. The van der Waals surface area contributed by atoms with Crippen LogP contribution >= 0.6 is 22.9 Å². The number of thiazole rings is 1. The van der Waals surface area contributed by atoms with Crippen molar-refractivity contribution in [2.75, 3.05) is 24.9 Å². The quantitative estimate of drug-likeness (QED) is 0.0565. The SMILES string of the molecule is CON=C(C(=O)N[C@@H]1C(=O)N(S(=O)(=O)[O-])[C@@H]1CCOC(C)=O)c1csc(NC(=O)CCl)n1.[Na+]. The van der Waals surface area contributed by atoms with Crippen molar-refractivity contribution >= 4 is 67.8 Å². The molecule has 2 atom stereocenters. The standard InChI is InChI=1S/C15H18ClN5O9S2.Na/c1-7(22)30-4-3-9-12(14(25)21(9)32(26,27)28)19-13(24)11(20-29-2)8-6-31-15(17-8)18-10(23)5-16;/h6,9,12H,3-5H2,1-2H3,(H,19,24)(H,17,18,23)(H,26,27,28);/q;+1/p-1/t9-,12+;/m1./s1. The number of ether oxygens (including phenoxy) is 1. The topological polar surface area (TPSA) is 196 Å². The summed E-state index contributed by atoms with van der Waals surface area (Å²) in [6.07, 6.45) is -0.222. The number of amides is 3. The molecule has 1 fully saturated rings. The van der Waals surface area contributed by atoms with E-state index < -0.39 is 46.1 Å². The molecular weight excluding hydrogens is 517 g/mol. The van der Waals surface area contributed by atoms with E-state index in [0.29, 0.717) is 0 Å². The van der Waals surface area contributed by atoms with Gasteiger partial charge in [-0.25, -0.2) is 17.7 Å². The number of hydrogen-bond acceptors (Lipinski definition) is 12. The maximum Gasteiger partial charge on any atom is 1.00 e. The third-order valence-electron chi connectivity index (χ3n) is 3.93. The van der Waals surface area contributed by atoms with Crippen LogP contribution in [0.3, 0.4) is 0 Å². The maximum absolute atomic E-state index is 12.7. The first kappa shape index (κ1) is 29.2. The van der Waals surface area contributed by atoms with Crippen LogP contribution in [0.1, 0.15) is 19.0 Å². The summed E-state index contributed by atoms with van der Waals surface area (Å²) in [6.45, 7) is 0.832. The van der Waals surface area contributed by atoms with Gasteiger partial charge in [-0.15, -0.1) is 22.9 Å². The fourth-order valence-electron chi connectivity index (χ4n) is 2.66. The van der Waals surface area contributed by atoms with Crippen LogP contribution in [0.15, 0.2) is 10.5 Å². The van der Waals surface area contributed by atoms with Crippen molar-refractivity contribution < 1.29 is 71.3 Å². The summed E-state index contributed by atoms with van der Waals surface area (Å²) in [5.41, 5.74) is -0.402. The predicted octanol–water partition coefficient (Wildman–Crippen LogP) is -4.22. The van der Waals surface area contributed by atoms with Crippen LogP contribution in [0.5, 0.6) is 0 Å². The second-order valence-corrected chi connectivity index (χ2v) is 8.46. The summed E-state index contributed by atoms with van der Waals surface area (Å²) < 4.78 is 38.9. The molecule has 1 aromatic rings. The van der Waals surface area contributed by atoms with E-state index in [9.17, 15) is 32.1 Å². The van der Waals surface area contributed by atoms with Crippen molar-refractivity contribution in [2.45, 2.75) is 25.4 Å². The number of nitrogens with one attached hydrogen (secondary N) is 2. The monoisotopic (exact) mass is 533 g/mol. The normalized spacial score (nSPS) is 18.0. The van der Waals surface area contributed by atoms with E-state index in [0.717, 1.165) is 25.4 Å². The molecule has 1 aliphatic rings. The summed E-state index contributed by atoms with van der Waals surface area (Å²) in [5.74, 6) is -3.62. The molecule has 1 aliphatic heterocycles. The van der Waals surface area contributed by atoms with Gasteiger partial charge in [0.25, 0.3) is 11.8 Å². The van der Waals surface area contributed by atoms with E-state index in [1.54, 1.807) is 0 Å². The number of halogens is 1. The molecule has 33 heavy (non-hydrogen) atoms. The molecule has 2 rings (SSSR count). The Kier molecular flexibility index (Phi) is 11.1. The molecule has 0 radical (unpaired) electrons. The first-order valence-corrected chi connectivity index (χ1v) is 11.4. The first-order chi connectivity index (χ1) is 15.0. The number of alkyl halides is 1. The smallest absolute Gasteiger partial charge is 0.731 e. The van der Waals surface area contributed by atoms with Gasteiger partial charge in [0.1, 0.15) is 24.7 Å². The summed E-state index contributed by atoms with van der Waals surface area (Å²) >= 11 is 6.36. The molecule has 2 heterocycles. The Morgan fingerprint density at radius 1 is 1.39 bits per heavy atom. The van der Waals surface area contributed by atoms with Crippen molar-refractivity contribution in [3.05, 3.63) is 11.1 Å². The maximum atomic E-state index is 12.7. The first-order valence-electron chi connectivity index (χ1n) is 8.65. The molecule has 0 bridgehead atoms. The van der Waals surface area contributed by atoms with Crippen molar-refractivity contribution in [3.63, 3.8) is 0 Å². The Bertz CT molecular complexity index is 1050. The minimum Gasteiger partial charge on any atom is -0.731 e. The average Bonchev–Trinajstić information content (AvgIpc) is 3.15. The second kappa shape index (κ2) is 12.6. The number of β-lactam (4-membered cyclic amide) rings is 1. The molecule has 0 aliphatic carbocycles. The molecular formula is C15H17ClN5NaO9S2. The van der Waals surface area contributed by atoms with E-state index in [1.165, 1.54) is 5.38 Å². The zero-order chi connectivity index (χ0) is 24.1. The molecule has 2 N–H and O–H groups in total. The molecule has 1 saturated heterocycles. The van der Waals surface area contributed by atoms with Gasteiger partial charge < -0.3 is 24.8 Å². The number of aromatic nitrogens is 1. The molecule has 0 aromatic carbocycles. The fourth-order valence-corrected chi connectivity index (χ4v) is 4.33. The fraction of sp³-hybridized carbons (Fsp3) is 0.467. The van der Waals surface area contributed by atoms with E-state index in [2.05, 4.69) is 25.6 Å². The van der Waals surface area contributed by atoms with Crippen LogP contribution in [-0.4, -0.2) is 83.3 Å². The summed E-state index contributed by atoms with van der Waals surface area (Å²) in [4.78, 5) is 55.8. The molecule has 0 saturated carbocycles. The van der Waals surface area contributed by atoms with Crippen LogP contribution in [0.25, 0.3) is 0 Å². The van der Waals surface area contributed by atoms with Gasteiger partial charge in [-0.05, 0) is 0 Å². The van der Waals surface area contributed by atoms with E-state index in [1.807, 2.05) is 0 Å². The predicted molar refractivity (Wildman–Crippen MR) is 109 cm³/mol. The second-order valence-electron chi connectivity index (χ2n) is 6.08. The average molecular weight is 534 g/mol. The van der Waals surface area contributed by atoms with Crippen molar-refractivity contribution in [3.8, 4) is 0 Å². The number of carbonyl (C=O) groups is 4. The number of carbonyl (C=O) groups excluding carboxylic acids is 4. The van der Waals surface area contributed by atoms with Gasteiger partial charge in [-0.3, -0.25) is 19.2 Å². The van der Waals surface area contributed by atoms with Gasteiger partial charge in [0.2, 0.25) is 5.91 Å². The van der Waals surface area contributed by atoms with Gasteiger partial charge in [0.15, 0.2) is 21.1 Å². The van der Waals surface area contributed by atoms with Crippen LogP contribution in [0.4, 0.5) is 5.13 Å². The third-order valence-corrected chi connectivity index (χ3v) is 5.86. The zero-order valence-corrected chi connectivity index (χ0v) is 22.0. The number of oxime groups is 1. The minimum atomic E-state index is -5.15. The van der Waals surface area contributed by atoms with Crippen molar-refractivity contribution in [1.82, 2.24) is 14.6 Å². The van der Waals surface area contributed by atoms with Crippen LogP contribution in [0.2, 0.25) is 0 Å². The van der Waals surface area contributed by atoms with E-state index in [4.69, 9.17) is 16.3 Å². The van der Waals surface area contributed by atoms with Crippen molar-refractivity contribution in [1.29, 1.82) is 0 Å². The molecule has 1 aromatic heterocycles. The Labute approximate surface area is 219 Å². The van der Waals surface area contributed by atoms with E-state index >= 15 is 0 Å². The summed E-state index contributed by atoms with van der Waals surface area (Å²) in [5, 5.41) is 9.70. The Hall–Kier alpha value is -1.82. The van der Waals surface area contributed by atoms with Gasteiger partial charge in [0, 0.05) is 18.7 Å². The number of hydrogen-bond donors (Lipinski definition) is 2. The molecule has 0 spiro atoms. The summed E-state index contributed by atoms with van der Waals surface area (Å²) in [7, 11) is -4.00. The van der Waals surface area contributed by atoms with Crippen LogP contribution in [-0.2, 0) is 39.1 Å². The Morgan fingerprint density at radius 2 is 2.06 bits per heavy atom. The van der Waals surface area contributed by atoms with Gasteiger partial charge >= 0.3 is 35.5 Å². The van der Waals surface area contributed by atoms with Crippen molar-refractivity contribution in [2.24, 2.45) is 5.16 Å². The molecule has 0 unspecified atom stereocenters. The van der Waals surface area contributed by atoms with Gasteiger partial charge in [-0.1, -0.05) is 5.16 Å². The van der Waals surface area contributed by atoms with Crippen LogP contribution < -0.4 is 40.2 Å². The third kappa shape index (κ3) is 7.59. The Balaban J connectivity index is 0.00000544. The van der Waals surface area contributed by atoms with Gasteiger partial charge in [0.05, 0.1) is 12.6 Å². The summed E-state index contributed by atoms with van der Waals surface area (Å²) in [6, 6.07) is -2.68. The molecule has 176 valence electrons. The number of anilines is 1. The van der Waals surface area contributed by atoms with E-state index in [-0.39, 0.29) is 69.3 Å². The Morgan fingerprint density at radius 3 is 2.61 bits per heavy atom. The number of rotatable bonds is 10. The zero-order valence-electron chi connectivity index (χ0n) is 17.6. The molecule has 14 nitrogen and oxygen atoms in total. The number of esters is 1. The van der Waals surface area contributed by atoms with Crippen LogP contribution in [0, 0.1) is 0 Å². The largest absolute Gasteiger partial charge is 1.00 e. The van der Waals surface area contributed by atoms with Gasteiger partial charge in [-0.2, -0.15) is 0 Å².